The average Bonchev–Trinajstić information content (AvgIpc) is 2.91. The summed E-state index contributed by atoms with van der Waals surface area (Å²) in [5, 5.41) is 9.35. The van der Waals surface area contributed by atoms with Crippen LogP contribution in [0.3, 0.4) is 0 Å². The molecule has 0 aliphatic carbocycles. The van der Waals surface area contributed by atoms with Crippen LogP contribution in [0.2, 0.25) is 0 Å². The van der Waals surface area contributed by atoms with Gasteiger partial charge in [-0.15, -0.1) is 0 Å². The van der Waals surface area contributed by atoms with Crippen molar-refractivity contribution in [3.8, 4) is 17.5 Å². The first kappa shape index (κ1) is 14.6. The number of nitriles is 1. The first-order valence-corrected chi connectivity index (χ1v) is 7.45. The Morgan fingerprint density at radius 1 is 1.18 bits per heavy atom. The van der Waals surface area contributed by atoms with Crippen LogP contribution in [0.15, 0.2) is 28.7 Å². The molecule has 1 aliphatic heterocycles. The Bertz CT molecular complexity index is 690. The summed E-state index contributed by atoms with van der Waals surface area (Å²) < 4.78 is 11.6. The van der Waals surface area contributed by atoms with E-state index in [-0.39, 0.29) is 12.2 Å². The summed E-state index contributed by atoms with van der Waals surface area (Å²) >= 11 is 0. The second kappa shape index (κ2) is 5.82. The maximum absolute atomic E-state index is 9.35. The van der Waals surface area contributed by atoms with Crippen LogP contribution in [0, 0.1) is 18.3 Å². The molecule has 1 aromatic carbocycles. The van der Waals surface area contributed by atoms with Crippen LogP contribution in [0.1, 0.15) is 25.1 Å². The minimum absolute atomic E-state index is 0.100. The van der Waals surface area contributed by atoms with Crippen molar-refractivity contribution in [3.63, 3.8) is 0 Å². The van der Waals surface area contributed by atoms with Crippen LogP contribution in [0.25, 0.3) is 11.5 Å². The van der Waals surface area contributed by atoms with Crippen LogP contribution in [-0.2, 0) is 4.74 Å². The molecule has 0 radical (unpaired) electrons. The summed E-state index contributed by atoms with van der Waals surface area (Å²) in [6, 6.07) is 10.1. The van der Waals surface area contributed by atoms with Crippen LogP contribution < -0.4 is 4.90 Å². The summed E-state index contributed by atoms with van der Waals surface area (Å²) in [5.41, 5.74) is 2.38. The number of nitrogens with zero attached hydrogens (tertiary/aromatic N) is 3. The highest BCUT2D eigenvalue weighted by Crippen LogP contribution is 2.30. The number of oxazole rings is 1. The van der Waals surface area contributed by atoms with Crippen molar-refractivity contribution in [2.75, 3.05) is 18.0 Å². The number of rotatable bonds is 2. The molecule has 0 amide bonds. The first-order chi connectivity index (χ1) is 10.6. The minimum atomic E-state index is 0.100. The molecule has 0 saturated carbocycles. The molecule has 3 rings (SSSR count). The van der Waals surface area contributed by atoms with Crippen LogP contribution >= 0.6 is 0 Å². The number of hydrogen-bond donors (Lipinski definition) is 0. The van der Waals surface area contributed by atoms with Gasteiger partial charge < -0.3 is 14.1 Å². The Morgan fingerprint density at radius 3 is 2.41 bits per heavy atom. The Hall–Kier alpha value is -2.32. The quantitative estimate of drug-likeness (QED) is 0.852. The second-order valence-electron chi connectivity index (χ2n) is 5.81. The Kier molecular flexibility index (Phi) is 3.86. The van der Waals surface area contributed by atoms with Gasteiger partial charge in [-0.2, -0.15) is 10.2 Å². The van der Waals surface area contributed by atoms with Gasteiger partial charge in [0.1, 0.15) is 6.07 Å². The van der Waals surface area contributed by atoms with Crippen LogP contribution in [0.5, 0.6) is 0 Å². The molecule has 0 bridgehead atoms. The molecular weight excluding hydrogens is 278 g/mol. The third-order valence-corrected chi connectivity index (χ3v) is 3.72. The lowest BCUT2D eigenvalue weighted by atomic mass is 10.1. The Balaban J connectivity index is 1.95. The summed E-state index contributed by atoms with van der Waals surface area (Å²) in [5.74, 6) is 1.03. The number of aromatic nitrogens is 1. The topological polar surface area (TPSA) is 62.3 Å². The first-order valence-electron chi connectivity index (χ1n) is 7.45. The van der Waals surface area contributed by atoms with Gasteiger partial charge in [0.15, 0.2) is 0 Å². The fourth-order valence-electron chi connectivity index (χ4n) is 2.76. The van der Waals surface area contributed by atoms with E-state index in [1.165, 1.54) is 5.56 Å². The third-order valence-electron chi connectivity index (χ3n) is 3.72. The van der Waals surface area contributed by atoms with Gasteiger partial charge in [0.05, 0.1) is 12.2 Å². The lowest BCUT2D eigenvalue weighted by molar-refractivity contribution is -0.00638. The lowest BCUT2D eigenvalue weighted by Gasteiger charge is -2.34. The molecular formula is C17H19N3O2. The molecule has 0 N–H and O–H groups in total. The summed E-state index contributed by atoms with van der Waals surface area (Å²) in [6.07, 6.45) is 0.200. The highest BCUT2D eigenvalue weighted by Gasteiger charge is 2.28. The number of ether oxygens (including phenoxy) is 1. The highest BCUT2D eigenvalue weighted by atomic mass is 16.5. The standard InChI is InChI=1S/C17H19N3O2/c1-11-4-6-14(7-5-11)16-19-15(8-18)17(22-16)20-9-12(2)21-13(3)10-20/h4-7,12-13H,9-10H2,1-3H3/t12-,13-/m1/s1. The molecule has 22 heavy (non-hydrogen) atoms. The van der Waals surface area contributed by atoms with E-state index in [1.54, 1.807) is 0 Å². The number of aryl methyl sites for hydroxylation is 1. The highest BCUT2D eigenvalue weighted by molar-refractivity contribution is 5.60. The van der Waals surface area contributed by atoms with E-state index >= 15 is 0 Å². The van der Waals surface area contributed by atoms with E-state index in [0.717, 1.165) is 5.56 Å². The lowest BCUT2D eigenvalue weighted by Crippen LogP contribution is -2.45. The minimum Gasteiger partial charge on any atom is -0.419 e. The number of anilines is 1. The van der Waals surface area contributed by atoms with Gasteiger partial charge in [-0.3, -0.25) is 0 Å². The predicted octanol–water partition coefficient (Wildman–Crippen LogP) is 3.14. The molecule has 2 atom stereocenters. The molecule has 2 aromatic rings. The zero-order valence-corrected chi connectivity index (χ0v) is 13.0. The van der Waals surface area contributed by atoms with E-state index in [4.69, 9.17) is 9.15 Å². The monoisotopic (exact) mass is 297 g/mol. The molecule has 1 saturated heterocycles. The van der Waals surface area contributed by atoms with Crippen LogP contribution in [0.4, 0.5) is 5.88 Å². The number of morpholine rings is 1. The van der Waals surface area contributed by atoms with Crippen molar-refractivity contribution in [2.24, 2.45) is 0 Å². The zero-order valence-electron chi connectivity index (χ0n) is 13.0. The molecule has 1 aliphatic rings. The Morgan fingerprint density at radius 2 is 1.82 bits per heavy atom. The van der Waals surface area contributed by atoms with Gasteiger partial charge >= 0.3 is 0 Å². The molecule has 2 heterocycles. The molecule has 5 heteroatoms. The maximum Gasteiger partial charge on any atom is 0.235 e. The fourth-order valence-corrected chi connectivity index (χ4v) is 2.76. The van der Waals surface area contributed by atoms with E-state index < -0.39 is 0 Å². The van der Waals surface area contributed by atoms with Crippen molar-refractivity contribution in [1.29, 1.82) is 5.26 Å². The number of hydrogen-bond acceptors (Lipinski definition) is 5. The predicted molar refractivity (Wildman–Crippen MR) is 83.6 cm³/mol. The van der Waals surface area contributed by atoms with Gasteiger partial charge in [-0.25, -0.2) is 0 Å². The molecule has 1 aromatic heterocycles. The van der Waals surface area contributed by atoms with E-state index in [2.05, 4.69) is 11.1 Å². The van der Waals surface area contributed by atoms with Crippen molar-refractivity contribution < 1.29 is 9.15 Å². The largest absolute Gasteiger partial charge is 0.419 e. The van der Waals surface area contributed by atoms with Gasteiger partial charge in [0.2, 0.25) is 17.5 Å². The van der Waals surface area contributed by atoms with E-state index in [0.29, 0.717) is 30.6 Å². The molecule has 0 unspecified atom stereocenters. The van der Waals surface area contributed by atoms with Crippen molar-refractivity contribution in [1.82, 2.24) is 4.98 Å². The van der Waals surface area contributed by atoms with Gasteiger partial charge in [0.25, 0.3) is 0 Å². The van der Waals surface area contributed by atoms with Crippen molar-refractivity contribution in [3.05, 3.63) is 35.5 Å². The third kappa shape index (κ3) is 2.83. The summed E-state index contributed by atoms with van der Waals surface area (Å²) in [7, 11) is 0. The zero-order chi connectivity index (χ0) is 15.7. The van der Waals surface area contributed by atoms with Crippen LogP contribution in [-0.4, -0.2) is 30.3 Å². The Labute approximate surface area is 130 Å². The SMILES string of the molecule is Cc1ccc(-c2nc(C#N)c(N3C[C@@H](C)O[C@H](C)C3)o2)cc1. The van der Waals surface area contributed by atoms with E-state index in [1.807, 2.05) is 49.9 Å². The molecule has 1 fully saturated rings. The normalized spacial score (nSPS) is 21.6. The molecule has 114 valence electrons. The van der Waals surface area contributed by atoms with Gasteiger partial charge in [-0.05, 0) is 32.9 Å². The van der Waals surface area contributed by atoms with Crippen molar-refractivity contribution >= 4 is 5.88 Å². The molecule has 0 spiro atoms. The summed E-state index contributed by atoms with van der Waals surface area (Å²) in [4.78, 5) is 6.39. The fraction of sp³-hybridized carbons (Fsp3) is 0.412. The average molecular weight is 297 g/mol. The smallest absolute Gasteiger partial charge is 0.235 e. The van der Waals surface area contributed by atoms with E-state index in [9.17, 15) is 5.26 Å². The van der Waals surface area contributed by atoms with Gasteiger partial charge in [0, 0.05) is 18.7 Å². The van der Waals surface area contributed by atoms with Gasteiger partial charge in [-0.1, -0.05) is 17.7 Å². The summed E-state index contributed by atoms with van der Waals surface area (Å²) in [6.45, 7) is 7.46. The number of benzene rings is 1. The second-order valence-corrected chi connectivity index (χ2v) is 5.81. The molecule has 5 nitrogen and oxygen atoms in total. The van der Waals surface area contributed by atoms with Crippen molar-refractivity contribution in [2.45, 2.75) is 33.0 Å². The maximum atomic E-state index is 9.35.